The predicted molar refractivity (Wildman–Crippen MR) is 128 cm³/mol. The third kappa shape index (κ3) is 8.36. The number of nitrogens with one attached hydrogen (secondary N) is 4. The molecule has 6 N–H and O–H groups in total. The molecule has 1 unspecified atom stereocenters. The fraction of sp³-hybridized carbons (Fsp3) is 0.227. The molecule has 10 nitrogen and oxygen atoms in total. The number of rotatable bonds is 11. The maximum Gasteiger partial charge on any atom is 0.243 e. The maximum absolute atomic E-state index is 12.8. The number of benzene rings is 1. The molecule has 0 aliphatic carbocycles. The third-order valence-electron chi connectivity index (χ3n) is 4.66. The highest BCUT2D eigenvalue weighted by molar-refractivity contribution is 5.88. The highest BCUT2D eigenvalue weighted by Gasteiger charge is 2.22. The van der Waals surface area contributed by atoms with E-state index >= 15 is 0 Å². The summed E-state index contributed by atoms with van der Waals surface area (Å²) in [5.41, 5.74) is 3.35. The number of hydrazone groups is 1. The minimum Gasteiger partial charge on any atom is -0.354 e. The summed E-state index contributed by atoms with van der Waals surface area (Å²) in [5, 5.41) is 18.9. The lowest BCUT2D eigenvalue weighted by atomic mass is 10.1. The Hall–Kier alpha value is -3.76. The van der Waals surface area contributed by atoms with Crippen LogP contribution in [0.15, 0.2) is 66.0 Å². The topological polar surface area (TPSA) is 150 Å². The minimum atomic E-state index is -0.691. The Balaban J connectivity index is 0.00000385. The quantitative estimate of drug-likeness (QED) is 0.159. The Morgan fingerprint density at radius 1 is 1.09 bits per heavy atom. The van der Waals surface area contributed by atoms with Crippen molar-refractivity contribution in [1.29, 1.82) is 0 Å². The van der Waals surface area contributed by atoms with Crippen LogP contribution in [0.2, 0.25) is 0 Å². The van der Waals surface area contributed by atoms with Crippen LogP contribution in [0.3, 0.4) is 0 Å². The van der Waals surface area contributed by atoms with Gasteiger partial charge in [-0.1, -0.05) is 30.3 Å². The van der Waals surface area contributed by atoms with Gasteiger partial charge in [0.15, 0.2) is 0 Å². The molecule has 2 aromatic heterocycles. The summed E-state index contributed by atoms with van der Waals surface area (Å²) in [4.78, 5) is 29.1. The Morgan fingerprint density at radius 3 is 2.58 bits per heavy atom. The van der Waals surface area contributed by atoms with Crippen molar-refractivity contribution in [3.63, 3.8) is 0 Å². The number of amides is 2. The van der Waals surface area contributed by atoms with Gasteiger partial charge in [0.2, 0.25) is 11.8 Å². The van der Waals surface area contributed by atoms with Crippen LogP contribution in [-0.2, 0) is 22.6 Å². The summed E-state index contributed by atoms with van der Waals surface area (Å²) >= 11 is 0. The summed E-state index contributed by atoms with van der Waals surface area (Å²) in [7, 11) is 0. The van der Waals surface area contributed by atoms with Crippen LogP contribution in [0.4, 0.5) is 0 Å². The number of carbonyl (C=O) groups is 2. The van der Waals surface area contributed by atoms with Crippen LogP contribution >= 0.6 is 12.4 Å². The van der Waals surface area contributed by atoms with E-state index in [2.05, 4.69) is 36.2 Å². The molecule has 3 rings (SSSR count). The summed E-state index contributed by atoms with van der Waals surface area (Å²) < 4.78 is 0. The van der Waals surface area contributed by atoms with E-state index in [1.165, 1.54) is 0 Å². The van der Waals surface area contributed by atoms with Crippen molar-refractivity contribution in [3.8, 4) is 0 Å². The zero-order valence-electron chi connectivity index (χ0n) is 17.9. The summed E-state index contributed by atoms with van der Waals surface area (Å²) in [6.45, 7) is 0.757. The van der Waals surface area contributed by atoms with Crippen molar-refractivity contribution < 1.29 is 9.59 Å². The number of H-pyrrole nitrogens is 1. The molecule has 0 radical (unpaired) electrons. The molecule has 2 heterocycles. The highest BCUT2D eigenvalue weighted by atomic mass is 35.5. The zero-order valence-corrected chi connectivity index (χ0v) is 18.7. The molecule has 174 valence electrons. The lowest BCUT2D eigenvalue weighted by molar-refractivity contribution is -0.127. The zero-order chi connectivity index (χ0) is 22.6. The number of nitrogens with zero attached hydrogens (tertiary/aromatic N) is 3. The maximum atomic E-state index is 12.8. The van der Waals surface area contributed by atoms with Gasteiger partial charge in [0.05, 0.1) is 18.5 Å². The molecule has 1 aromatic carbocycles. The summed E-state index contributed by atoms with van der Waals surface area (Å²) in [6, 6.07) is 14.3. The second-order valence-corrected chi connectivity index (χ2v) is 6.98. The van der Waals surface area contributed by atoms with E-state index in [9.17, 15) is 9.59 Å². The van der Waals surface area contributed by atoms with E-state index in [-0.39, 0.29) is 30.8 Å². The van der Waals surface area contributed by atoms with Gasteiger partial charge in [-0.05, 0) is 29.3 Å². The van der Waals surface area contributed by atoms with Crippen LogP contribution in [0.1, 0.15) is 28.6 Å². The molecule has 1 atom stereocenters. The average molecular weight is 471 g/mol. The number of hydrogen-bond acceptors (Lipinski definition) is 7. The van der Waals surface area contributed by atoms with Crippen molar-refractivity contribution in [2.24, 2.45) is 10.9 Å². The monoisotopic (exact) mass is 470 g/mol. The van der Waals surface area contributed by atoms with Crippen molar-refractivity contribution in [2.75, 3.05) is 13.1 Å². The standard InChI is InChI=1S/C22H26N8O2.ClH/c23-28-14-17-6-4-16(5-7-17)13-26-21(19-9-12-29-30-19)22(32)27-15-20(31)25-11-8-18-3-1-2-10-24-18;/h1-7,9-10,12,14,21,26H,8,11,13,15,23H2,(H,25,31)(H,27,32)(H,29,30);1H. The summed E-state index contributed by atoms with van der Waals surface area (Å²) in [6.07, 6.45) is 5.46. The van der Waals surface area contributed by atoms with Crippen molar-refractivity contribution >= 4 is 30.4 Å². The molecule has 2 amide bonds. The Kier molecular flexibility index (Phi) is 10.5. The lowest BCUT2D eigenvalue weighted by Gasteiger charge is -2.17. The van der Waals surface area contributed by atoms with Crippen LogP contribution < -0.4 is 21.8 Å². The molecule has 11 heteroatoms. The van der Waals surface area contributed by atoms with Crippen molar-refractivity contribution in [2.45, 2.75) is 19.0 Å². The third-order valence-corrected chi connectivity index (χ3v) is 4.66. The molecule has 0 bridgehead atoms. The van der Waals surface area contributed by atoms with Gasteiger partial charge < -0.3 is 16.5 Å². The van der Waals surface area contributed by atoms with Gasteiger partial charge in [-0.2, -0.15) is 10.2 Å². The first-order valence-electron chi connectivity index (χ1n) is 10.1. The average Bonchev–Trinajstić information content (AvgIpc) is 3.34. The van der Waals surface area contributed by atoms with Gasteiger partial charge in [-0.15, -0.1) is 12.4 Å². The van der Waals surface area contributed by atoms with E-state index in [0.29, 0.717) is 25.2 Å². The van der Waals surface area contributed by atoms with Crippen LogP contribution in [-0.4, -0.2) is 46.3 Å². The van der Waals surface area contributed by atoms with E-state index < -0.39 is 6.04 Å². The van der Waals surface area contributed by atoms with E-state index in [1.807, 2.05) is 42.5 Å². The Bertz CT molecular complexity index is 1010. The van der Waals surface area contributed by atoms with Gasteiger partial charge in [-0.25, -0.2) is 0 Å². The van der Waals surface area contributed by atoms with E-state index in [4.69, 9.17) is 5.84 Å². The van der Waals surface area contributed by atoms with Gasteiger partial charge in [0, 0.05) is 37.6 Å². The number of pyridine rings is 1. The van der Waals surface area contributed by atoms with Crippen LogP contribution in [0.5, 0.6) is 0 Å². The highest BCUT2D eigenvalue weighted by Crippen LogP contribution is 2.11. The fourth-order valence-electron chi connectivity index (χ4n) is 3.01. The number of aromatic amines is 1. The molecular formula is C22H27ClN8O2. The number of hydrogen-bond donors (Lipinski definition) is 5. The molecule has 0 spiro atoms. The predicted octanol–water partition coefficient (Wildman–Crippen LogP) is 0.825. The Morgan fingerprint density at radius 2 is 1.91 bits per heavy atom. The number of halogens is 1. The normalized spacial score (nSPS) is 11.5. The first-order chi connectivity index (χ1) is 15.7. The lowest BCUT2D eigenvalue weighted by Crippen LogP contribution is -2.43. The second kappa shape index (κ2) is 13.6. The fourth-order valence-corrected chi connectivity index (χ4v) is 3.01. The largest absolute Gasteiger partial charge is 0.354 e. The smallest absolute Gasteiger partial charge is 0.243 e. The molecule has 3 aromatic rings. The molecule has 33 heavy (non-hydrogen) atoms. The molecule has 0 saturated heterocycles. The molecule has 0 aliphatic heterocycles. The molecule has 0 aliphatic rings. The molecular weight excluding hydrogens is 444 g/mol. The number of aromatic nitrogens is 3. The minimum absolute atomic E-state index is 0. The van der Waals surface area contributed by atoms with E-state index in [1.54, 1.807) is 24.7 Å². The number of nitrogens with two attached hydrogens (primary N) is 1. The van der Waals surface area contributed by atoms with Gasteiger partial charge in [0.1, 0.15) is 6.04 Å². The second-order valence-electron chi connectivity index (χ2n) is 6.98. The van der Waals surface area contributed by atoms with Gasteiger partial charge in [0.25, 0.3) is 0 Å². The van der Waals surface area contributed by atoms with Crippen LogP contribution in [0, 0.1) is 0 Å². The molecule has 0 saturated carbocycles. The first-order valence-corrected chi connectivity index (χ1v) is 10.1. The van der Waals surface area contributed by atoms with Crippen LogP contribution in [0.25, 0.3) is 0 Å². The van der Waals surface area contributed by atoms with E-state index in [0.717, 1.165) is 16.8 Å². The molecule has 0 fully saturated rings. The SMILES string of the molecule is Cl.NN=Cc1ccc(CNC(C(=O)NCC(=O)NCCc2ccccn2)c2ccn[nH]2)cc1. The number of carbonyl (C=O) groups excluding carboxylic acids is 2. The Labute approximate surface area is 197 Å². The first kappa shape index (κ1) is 25.5. The summed E-state index contributed by atoms with van der Waals surface area (Å²) in [5.74, 6) is 4.56. The van der Waals surface area contributed by atoms with Crippen molar-refractivity contribution in [1.82, 2.24) is 31.1 Å². The van der Waals surface area contributed by atoms with Crippen molar-refractivity contribution in [3.05, 3.63) is 83.4 Å². The van der Waals surface area contributed by atoms with Gasteiger partial charge >= 0.3 is 0 Å². The van der Waals surface area contributed by atoms with Gasteiger partial charge in [-0.3, -0.25) is 25.0 Å².